The van der Waals surface area contributed by atoms with Gasteiger partial charge >= 0.3 is 0 Å². The minimum Gasteiger partial charge on any atom is -0.382 e. The van der Waals surface area contributed by atoms with Crippen molar-refractivity contribution in [2.45, 2.75) is 45.8 Å². The van der Waals surface area contributed by atoms with Crippen molar-refractivity contribution in [2.75, 3.05) is 0 Å². The molecule has 2 aromatic rings. The van der Waals surface area contributed by atoms with E-state index in [-0.39, 0.29) is 5.41 Å². The first-order valence-electron chi connectivity index (χ1n) is 6.85. The highest BCUT2D eigenvalue weighted by atomic mass is 35.5. The van der Waals surface area contributed by atoms with Crippen molar-refractivity contribution >= 4 is 11.6 Å². The van der Waals surface area contributed by atoms with Gasteiger partial charge in [-0.3, -0.25) is 4.68 Å². The molecule has 1 N–H and O–H groups in total. The van der Waals surface area contributed by atoms with Crippen LogP contribution < -0.4 is 0 Å². The highest BCUT2D eigenvalue weighted by Gasteiger charge is 2.25. The van der Waals surface area contributed by atoms with Gasteiger partial charge in [-0.1, -0.05) is 56.6 Å². The van der Waals surface area contributed by atoms with Crippen LogP contribution in [0, 0.1) is 0 Å². The third-order valence-electron chi connectivity index (χ3n) is 3.46. The highest BCUT2D eigenvalue weighted by molar-refractivity contribution is 6.31. The molecule has 20 heavy (non-hydrogen) atoms. The molecule has 3 nitrogen and oxygen atoms in total. The molecule has 108 valence electrons. The van der Waals surface area contributed by atoms with Crippen molar-refractivity contribution in [3.63, 3.8) is 0 Å². The molecule has 0 aliphatic rings. The van der Waals surface area contributed by atoms with Crippen molar-refractivity contribution in [1.29, 1.82) is 0 Å². The standard InChI is InChI=1S/C16H21ClN2O/c1-5-19-14(13(17)10-18-19)15(20)11-8-6-7-9-12(11)16(2,3)4/h6-10,15,20H,5H2,1-4H3. The van der Waals surface area contributed by atoms with Crippen molar-refractivity contribution in [2.24, 2.45) is 0 Å². The Bertz CT molecular complexity index is 599. The zero-order valence-corrected chi connectivity index (χ0v) is 13.1. The van der Waals surface area contributed by atoms with Gasteiger partial charge in [-0.25, -0.2) is 0 Å². The molecule has 4 heteroatoms. The fourth-order valence-corrected chi connectivity index (χ4v) is 2.71. The normalized spacial score (nSPS) is 13.5. The van der Waals surface area contributed by atoms with E-state index in [9.17, 15) is 5.11 Å². The fourth-order valence-electron chi connectivity index (χ4n) is 2.46. The summed E-state index contributed by atoms with van der Waals surface area (Å²) < 4.78 is 1.74. The van der Waals surface area contributed by atoms with Crippen LogP contribution in [0.25, 0.3) is 0 Å². The Morgan fingerprint density at radius 1 is 1.30 bits per heavy atom. The Hall–Kier alpha value is -1.32. The summed E-state index contributed by atoms with van der Waals surface area (Å²) in [5.74, 6) is 0. The molecular formula is C16H21ClN2O. The van der Waals surface area contributed by atoms with E-state index in [1.54, 1.807) is 10.9 Å². The molecular weight excluding hydrogens is 272 g/mol. The largest absolute Gasteiger partial charge is 0.382 e. The second-order valence-corrected chi connectivity index (χ2v) is 6.34. The first-order valence-corrected chi connectivity index (χ1v) is 7.22. The number of nitrogens with zero attached hydrogens (tertiary/aromatic N) is 2. The van der Waals surface area contributed by atoms with Gasteiger partial charge in [0.2, 0.25) is 0 Å². The molecule has 1 aromatic carbocycles. The Morgan fingerprint density at radius 3 is 2.55 bits per heavy atom. The molecule has 0 fully saturated rings. The first-order chi connectivity index (χ1) is 9.36. The van der Waals surface area contributed by atoms with E-state index in [2.05, 4.69) is 31.9 Å². The molecule has 1 aromatic heterocycles. The molecule has 1 atom stereocenters. The lowest BCUT2D eigenvalue weighted by molar-refractivity contribution is 0.205. The van der Waals surface area contributed by atoms with Crippen molar-refractivity contribution < 1.29 is 5.11 Å². The topological polar surface area (TPSA) is 38.0 Å². The van der Waals surface area contributed by atoms with Crippen LogP contribution in [0.3, 0.4) is 0 Å². The van der Waals surface area contributed by atoms with Gasteiger partial charge in [-0.15, -0.1) is 0 Å². The minimum absolute atomic E-state index is 0.0406. The smallest absolute Gasteiger partial charge is 0.122 e. The summed E-state index contributed by atoms with van der Waals surface area (Å²) >= 11 is 6.19. The summed E-state index contributed by atoms with van der Waals surface area (Å²) in [4.78, 5) is 0. The van der Waals surface area contributed by atoms with Crippen molar-refractivity contribution in [3.05, 3.63) is 52.3 Å². The molecule has 0 aliphatic carbocycles. The van der Waals surface area contributed by atoms with Gasteiger partial charge in [0.25, 0.3) is 0 Å². The molecule has 0 bridgehead atoms. The SMILES string of the molecule is CCn1ncc(Cl)c1C(O)c1ccccc1C(C)(C)C. The molecule has 1 heterocycles. The number of rotatable bonds is 3. The predicted octanol–water partition coefficient (Wildman–Crippen LogP) is 3.94. The lowest BCUT2D eigenvalue weighted by atomic mass is 9.82. The van der Waals surface area contributed by atoms with Crippen LogP contribution in [0.4, 0.5) is 0 Å². The molecule has 0 amide bonds. The van der Waals surface area contributed by atoms with E-state index in [0.717, 1.165) is 11.1 Å². The van der Waals surface area contributed by atoms with E-state index < -0.39 is 6.10 Å². The average Bonchev–Trinajstić information content (AvgIpc) is 2.78. The van der Waals surface area contributed by atoms with E-state index in [1.807, 2.05) is 25.1 Å². The molecule has 0 saturated carbocycles. The quantitative estimate of drug-likeness (QED) is 0.930. The van der Waals surface area contributed by atoms with Crippen LogP contribution in [-0.2, 0) is 12.0 Å². The van der Waals surface area contributed by atoms with Crippen LogP contribution in [0.15, 0.2) is 30.5 Å². The molecule has 0 spiro atoms. The Morgan fingerprint density at radius 2 is 1.95 bits per heavy atom. The maximum Gasteiger partial charge on any atom is 0.122 e. The molecule has 0 radical (unpaired) electrons. The number of aliphatic hydroxyl groups excluding tert-OH is 1. The summed E-state index contributed by atoms with van der Waals surface area (Å²) in [5.41, 5.74) is 2.62. The Balaban J connectivity index is 2.54. The number of aromatic nitrogens is 2. The zero-order valence-electron chi connectivity index (χ0n) is 12.4. The molecule has 1 unspecified atom stereocenters. The van der Waals surface area contributed by atoms with Gasteiger partial charge in [0.1, 0.15) is 6.10 Å². The summed E-state index contributed by atoms with van der Waals surface area (Å²) in [6.45, 7) is 9.07. The van der Waals surface area contributed by atoms with Gasteiger partial charge in [0.05, 0.1) is 16.9 Å². The summed E-state index contributed by atoms with van der Waals surface area (Å²) in [7, 11) is 0. The summed E-state index contributed by atoms with van der Waals surface area (Å²) in [6, 6.07) is 7.94. The van der Waals surface area contributed by atoms with Gasteiger partial charge in [-0.2, -0.15) is 5.10 Å². The lowest BCUT2D eigenvalue weighted by Crippen LogP contribution is -2.18. The maximum atomic E-state index is 10.8. The maximum absolute atomic E-state index is 10.8. The molecule has 0 aliphatic heterocycles. The Kier molecular flexibility index (Phi) is 4.21. The monoisotopic (exact) mass is 292 g/mol. The first kappa shape index (κ1) is 15.1. The third-order valence-corrected chi connectivity index (χ3v) is 3.75. The number of benzene rings is 1. The highest BCUT2D eigenvalue weighted by Crippen LogP contribution is 2.34. The lowest BCUT2D eigenvalue weighted by Gasteiger charge is -2.25. The third kappa shape index (κ3) is 2.74. The number of aliphatic hydroxyl groups is 1. The van der Waals surface area contributed by atoms with Crippen LogP contribution in [-0.4, -0.2) is 14.9 Å². The summed E-state index contributed by atoms with van der Waals surface area (Å²) in [5, 5.41) is 15.5. The van der Waals surface area contributed by atoms with Gasteiger partial charge < -0.3 is 5.11 Å². The second kappa shape index (κ2) is 5.58. The van der Waals surface area contributed by atoms with Gasteiger partial charge in [0.15, 0.2) is 0 Å². The number of halogens is 1. The van der Waals surface area contributed by atoms with Crippen LogP contribution in [0.5, 0.6) is 0 Å². The Labute approximate surface area is 125 Å². The van der Waals surface area contributed by atoms with Gasteiger partial charge in [0, 0.05) is 6.54 Å². The van der Waals surface area contributed by atoms with Crippen LogP contribution in [0.1, 0.15) is 50.6 Å². The van der Waals surface area contributed by atoms with Gasteiger partial charge in [-0.05, 0) is 23.5 Å². The predicted molar refractivity (Wildman–Crippen MR) is 82.1 cm³/mol. The average molecular weight is 293 g/mol. The summed E-state index contributed by atoms with van der Waals surface area (Å²) in [6.07, 6.45) is 0.823. The van der Waals surface area contributed by atoms with E-state index in [0.29, 0.717) is 17.3 Å². The van der Waals surface area contributed by atoms with Crippen molar-refractivity contribution in [3.8, 4) is 0 Å². The molecule has 2 rings (SSSR count). The van der Waals surface area contributed by atoms with Crippen LogP contribution >= 0.6 is 11.6 Å². The minimum atomic E-state index is -0.764. The van der Waals surface area contributed by atoms with Crippen LogP contribution in [0.2, 0.25) is 5.02 Å². The molecule has 0 saturated heterocycles. The van der Waals surface area contributed by atoms with Crippen molar-refractivity contribution in [1.82, 2.24) is 9.78 Å². The van der Waals surface area contributed by atoms with E-state index in [4.69, 9.17) is 11.6 Å². The van der Waals surface area contributed by atoms with E-state index >= 15 is 0 Å². The number of aryl methyl sites for hydroxylation is 1. The fraction of sp³-hybridized carbons (Fsp3) is 0.438. The van der Waals surface area contributed by atoms with E-state index in [1.165, 1.54) is 0 Å². The number of hydrogen-bond donors (Lipinski definition) is 1. The second-order valence-electron chi connectivity index (χ2n) is 5.93. The zero-order chi connectivity index (χ0) is 14.9. The number of hydrogen-bond acceptors (Lipinski definition) is 2.